The zero-order valence-electron chi connectivity index (χ0n) is 16.3. The van der Waals surface area contributed by atoms with Gasteiger partial charge in [-0.05, 0) is 25.7 Å². The number of urea groups is 1. The zero-order chi connectivity index (χ0) is 19.3. The highest BCUT2D eigenvalue weighted by Gasteiger charge is 2.27. The largest absolute Gasteiger partial charge is 0.377 e. The summed E-state index contributed by atoms with van der Waals surface area (Å²) in [5.41, 5.74) is -0.185. The van der Waals surface area contributed by atoms with Crippen molar-refractivity contribution in [2.24, 2.45) is 0 Å². The molecule has 0 aliphatic carbocycles. The number of piperidine rings is 1. The van der Waals surface area contributed by atoms with Crippen LogP contribution in [0.3, 0.4) is 0 Å². The number of amides is 2. The second-order valence-corrected chi connectivity index (χ2v) is 7.88. The molecule has 1 aromatic rings. The van der Waals surface area contributed by atoms with Gasteiger partial charge in [-0.15, -0.1) is 0 Å². The monoisotopic (exact) mass is 390 g/mol. The molecule has 1 aromatic heterocycles. The number of hydrogen-bond donors (Lipinski definition) is 2. The van der Waals surface area contributed by atoms with E-state index in [1.165, 1.54) is 19.0 Å². The smallest absolute Gasteiger partial charge is 0.317 e. The van der Waals surface area contributed by atoms with E-state index in [4.69, 9.17) is 4.74 Å². The number of anilines is 1. The number of hydrogen-bond acceptors (Lipinski definition) is 6. The molecule has 0 spiro atoms. The van der Waals surface area contributed by atoms with Crippen LogP contribution in [0.2, 0.25) is 0 Å². The van der Waals surface area contributed by atoms with Crippen LogP contribution < -0.4 is 15.8 Å². The molecule has 0 radical (unpaired) electrons. The molecule has 3 aliphatic rings. The van der Waals surface area contributed by atoms with E-state index < -0.39 is 0 Å². The lowest BCUT2D eigenvalue weighted by Crippen LogP contribution is -2.55. The molecule has 28 heavy (non-hydrogen) atoms. The molecule has 4 heterocycles. The number of nitrogens with zero attached hydrogens (tertiary/aromatic N) is 4. The van der Waals surface area contributed by atoms with Gasteiger partial charge in [0.1, 0.15) is 0 Å². The van der Waals surface area contributed by atoms with E-state index in [0.29, 0.717) is 38.1 Å². The van der Waals surface area contributed by atoms with Gasteiger partial charge in [0, 0.05) is 70.9 Å². The average molecular weight is 390 g/mol. The Morgan fingerprint density at radius 2 is 1.96 bits per heavy atom. The Balaban J connectivity index is 1.19. The van der Waals surface area contributed by atoms with Crippen LogP contribution in [0, 0.1) is 0 Å². The molecule has 3 fully saturated rings. The summed E-state index contributed by atoms with van der Waals surface area (Å²) in [6, 6.07) is 0.247. The van der Waals surface area contributed by atoms with Crippen LogP contribution in [0.4, 0.5) is 10.6 Å². The highest BCUT2D eigenvalue weighted by molar-refractivity contribution is 5.74. The molecule has 3 saturated heterocycles. The fourth-order valence-corrected chi connectivity index (χ4v) is 4.29. The minimum Gasteiger partial charge on any atom is -0.377 e. The van der Waals surface area contributed by atoms with Crippen LogP contribution in [0.15, 0.2) is 17.2 Å². The number of likely N-dealkylation sites (tertiary alicyclic amines) is 1. The fraction of sp³-hybridized carbons (Fsp3) is 0.737. The predicted octanol–water partition coefficient (Wildman–Crippen LogP) is 0.245. The molecular weight excluding hydrogens is 360 g/mol. The van der Waals surface area contributed by atoms with Crippen LogP contribution >= 0.6 is 0 Å². The molecule has 4 rings (SSSR count). The van der Waals surface area contributed by atoms with Crippen LogP contribution in [0.5, 0.6) is 0 Å². The molecule has 2 amide bonds. The minimum absolute atomic E-state index is 0.00663. The number of carbonyl (C=O) groups is 1. The number of carbonyl (C=O) groups excluding carboxylic acids is 1. The number of nitrogens with one attached hydrogen (secondary N) is 2. The summed E-state index contributed by atoms with van der Waals surface area (Å²) in [7, 11) is 0. The van der Waals surface area contributed by atoms with Crippen molar-refractivity contribution >= 4 is 11.8 Å². The molecule has 2 N–H and O–H groups in total. The maximum atomic E-state index is 12.6. The summed E-state index contributed by atoms with van der Waals surface area (Å²) < 4.78 is 5.73. The van der Waals surface area contributed by atoms with Crippen LogP contribution in [0.25, 0.3) is 0 Å². The van der Waals surface area contributed by atoms with E-state index in [0.717, 1.165) is 39.1 Å². The Morgan fingerprint density at radius 3 is 2.64 bits per heavy atom. The maximum absolute atomic E-state index is 12.6. The first-order chi connectivity index (χ1) is 13.7. The minimum atomic E-state index is -0.185. The standard InChI is InChI=1S/C19H30N6O3/c26-18-17(20-5-6-21-18)24-9-11-25(12-10-24)19(27)22-15-3-7-23(8-4-15)14-16-2-1-13-28-16/h5-6,15-16H,1-4,7-14H2,(H,21,26)(H,22,27)/t16-/m0/s1. The SMILES string of the molecule is O=C(NC1CCN(C[C@@H]2CCCO2)CC1)N1CCN(c2ncc[nH]c2=O)CC1. The van der Waals surface area contributed by atoms with Crippen molar-refractivity contribution in [2.75, 3.05) is 57.3 Å². The highest BCUT2D eigenvalue weighted by atomic mass is 16.5. The number of aromatic nitrogens is 2. The second-order valence-electron chi connectivity index (χ2n) is 7.88. The van der Waals surface area contributed by atoms with E-state index in [1.54, 1.807) is 6.20 Å². The molecule has 9 nitrogen and oxygen atoms in total. The molecule has 0 bridgehead atoms. The molecule has 0 saturated carbocycles. The first-order valence-electron chi connectivity index (χ1n) is 10.4. The Morgan fingerprint density at radius 1 is 1.18 bits per heavy atom. The predicted molar refractivity (Wildman–Crippen MR) is 106 cm³/mol. The number of H-pyrrole nitrogens is 1. The van der Waals surface area contributed by atoms with E-state index in [9.17, 15) is 9.59 Å². The van der Waals surface area contributed by atoms with E-state index in [2.05, 4.69) is 20.2 Å². The Bertz CT molecular complexity index is 704. The first-order valence-corrected chi connectivity index (χ1v) is 10.4. The topological polar surface area (TPSA) is 93.8 Å². The molecule has 9 heteroatoms. The first kappa shape index (κ1) is 19.2. The van der Waals surface area contributed by atoms with Crippen LogP contribution in [-0.4, -0.2) is 90.4 Å². The molecule has 0 aromatic carbocycles. The number of ether oxygens (including phenoxy) is 1. The third kappa shape index (κ3) is 4.64. The van der Waals surface area contributed by atoms with Gasteiger partial charge in [0.2, 0.25) is 0 Å². The van der Waals surface area contributed by atoms with Crippen molar-refractivity contribution in [3.63, 3.8) is 0 Å². The summed E-state index contributed by atoms with van der Waals surface area (Å²) in [6.45, 7) is 6.39. The van der Waals surface area contributed by atoms with Crippen LogP contribution in [-0.2, 0) is 4.74 Å². The zero-order valence-corrected chi connectivity index (χ0v) is 16.3. The summed E-state index contributed by atoms with van der Waals surface area (Å²) in [6.07, 6.45) is 7.84. The summed E-state index contributed by atoms with van der Waals surface area (Å²) in [4.78, 5) is 37.5. The van der Waals surface area contributed by atoms with Crippen molar-refractivity contribution in [1.82, 2.24) is 25.1 Å². The lowest BCUT2D eigenvalue weighted by molar-refractivity contribution is 0.0628. The van der Waals surface area contributed by atoms with Gasteiger partial charge < -0.3 is 29.7 Å². The highest BCUT2D eigenvalue weighted by Crippen LogP contribution is 2.17. The van der Waals surface area contributed by atoms with Crippen molar-refractivity contribution in [3.8, 4) is 0 Å². The fourth-order valence-electron chi connectivity index (χ4n) is 4.29. The molecule has 154 valence electrons. The third-order valence-corrected chi connectivity index (χ3v) is 5.96. The molecule has 3 aliphatic heterocycles. The van der Waals surface area contributed by atoms with Gasteiger partial charge in [-0.3, -0.25) is 4.79 Å². The molecular formula is C19H30N6O3. The Labute approximate surface area is 165 Å². The quantitative estimate of drug-likeness (QED) is 0.765. The normalized spacial score (nSPS) is 24.5. The van der Waals surface area contributed by atoms with Gasteiger partial charge in [-0.25, -0.2) is 9.78 Å². The molecule has 1 atom stereocenters. The van der Waals surface area contributed by atoms with Crippen LogP contribution in [0.1, 0.15) is 25.7 Å². The van der Waals surface area contributed by atoms with E-state index in [1.807, 2.05) is 9.80 Å². The van der Waals surface area contributed by atoms with Crippen molar-refractivity contribution in [2.45, 2.75) is 37.8 Å². The lowest BCUT2D eigenvalue weighted by Gasteiger charge is -2.37. The lowest BCUT2D eigenvalue weighted by atomic mass is 10.0. The van der Waals surface area contributed by atoms with Gasteiger partial charge in [-0.1, -0.05) is 0 Å². The van der Waals surface area contributed by atoms with Crippen molar-refractivity contribution in [3.05, 3.63) is 22.7 Å². The summed E-state index contributed by atoms with van der Waals surface area (Å²) >= 11 is 0. The summed E-state index contributed by atoms with van der Waals surface area (Å²) in [5, 5.41) is 3.20. The van der Waals surface area contributed by atoms with E-state index >= 15 is 0 Å². The van der Waals surface area contributed by atoms with Gasteiger partial charge in [-0.2, -0.15) is 0 Å². The third-order valence-electron chi connectivity index (χ3n) is 5.96. The van der Waals surface area contributed by atoms with Gasteiger partial charge >= 0.3 is 6.03 Å². The summed E-state index contributed by atoms with van der Waals surface area (Å²) in [5.74, 6) is 0.432. The number of rotatable bonds is 4. The Kier molecular flexibility index (Phi) is 6.11. The molecule has 0 unspecified atom stereocenters. The van der Waals surface area contributed by atoms with Gasteiger partial charge in [0.05, 0.1) is 6.10 Å². The average Bonchev–Trinajstić information content (AvgIpc) is 3.23. The Hall–Kier alpha value is -2.13. The number of aromatic amines is 1. The number of piperazine rings is 1. The second kappa shape index (κ2) is 8.91. The van der Waals surface area contributed by atoms with Gasteiger partial charge in [0.25, 0.3) is 5.56 Å². The maximum Gasteiger partial charge on any atom is 0.317 e. The van der Waals surface area contributed by atoms with E-state index in [-0.39, 0.29) is 17.6 Å². The van der Waals surface area contributed by atoms with Crippen molar-refractivity contribution < 1.29 is 9.53 Å². The van der Waals surface area contributed by atoms with Crippen molar-refractivity contribution in [1.29, 1.82) is 0 Å². The van der Waals surface area contributed by atoms with Gasteiger partial charge in [0.15, 0.2) is 5.82 Å².